The van der Waals surface area contributed by atoms with Gasteiger partial charge in [-0.25, -0.2) is 0 Å². The average Bonchev–Trinajstić information content (AvgIpc) is 3.23. The zero-order valence-electron chi connectivity index (χ0n) is 17.8. The molecule has 0 saturated heterocycles. The smallest absolute Gasteiger partial charge is 0.282 e. The predicted octanol–water partition coefficient (Wildman–Crippen LogP) is 3.90. The van der Waals surface area contributed by atoms with Crippen LogP contribution in [0.5, 0.6) is 17.4 Å². The molecule has 3 heterocycles. The standard InChI is InChI=1S/C22H17N5O6S/c1-3-8-34-22-23-20-19(24-25-22)13-6-4-5-7-15(13)26(12(2)28)21(33-20)14-9-17-18(32-11-31-17)10-16(14)27(29)30/h3-7,9-10,21H,1,8,11H2,2H3/t21-/m0/s1. The Hall–Kier alpha value is -4.19. The Morgan fingerprint density at radius 2 is 2.06 bits per heavy atom. The third-order valence-corrected chi connectivity index (χ3v) is 6.00. The van der Waals surface area contributed by atoms with Crippen molar-refractivity contribution in [2.75, 3.05) is 17.4 Å². The number of nitro groups is 1. The molecule has 0 radical (unpaired) electrons. The molecule has 2 aliphatic rings. The maximum Gasteiger partial charge on any atom is 0.282 e. The highest BCUT2D eigenvalue weighted by Crippen LogP contribution is 2.47. The summed E-state index contributed by atoms with van der Waals surface area (Å²) in [6.45, 7) is 4.97. The number of carbonyl (C=O) groups is 1. The van der Waals surface area contributed by atoms with Gasteiger partial charge in [0.1, 0.15) is 0 Å². The van der Waals surface area contributed by atoms with Gasteiger partial charge in [0.05, 0.1) is 22.2 Å². The van der Waals surface area contributed by atoms with Crippen LogP contribution in [0, 0.1) is 10.1 Å². The number of thioether (sulfide) groups is 1. The first-order valence-corrected chi connectivity index (χ1v) is 11.1. The van der Waals surface area contributed by atoms with Gasteiger partial charge in [-0.2, -0.15) is 4.98 Å². The van der Waals surface area contributed by atoms with E-state index in [4.69, 9.17) is 14.2 Å². The quantitative estimate of drug-likeness (QED) is 0.230. The molecule has 0 aliphatic carbocycles. The maximum atomic E-state index is 12.9. The van der Waals surface area contributed by atoms with E-state index in [-0.39, 0.29) is 29.7 Å². The van der Waals surface area contributed by atoms with Crippen molar-refractivity contribution in [3.63, 3.8) is 0 Å². The monoisotopic (exact) mass is 479 g/mol. The predicted molar refractivity (Wildman–Crippen MR) is 122 cm³/mol. The molecule has 12 heteroatoms. The summed E-state index contributed by atoms with van der Waals surface area (Å²) in [7, 11) is 0. The number of hydrogen-bond donors (Lipinski definition) is 0. The molecule has 0 fully saturated rings. The van der Waals surface area contributed by atoms with Gasteiger partial charge in [0.15, 0.2) is 17.2 Å². The highest BCUT2D eigenvalue weighted by molar-refractivity contribution is 7.99. The minimum Gasteiger partial charge on any atom is -0.454 e. The van der Waals surface area contributed by atoms with E-state index in [9.17, 15) is 14.9 Å². The molecule has 0 unspecified atom stereocenters. The van der Waals surface area contributed by atoms with Gasteiger partial charge >= 0.3 is 0 Å². The number of fused-ring (bicyclic) bond motifs is 4. The number of anilines is 1. The minimum atomic E-state index is -1.23. The number of nitrogens with zero attached hydrogens (tertiary/aromatic N) is 5. The summed E-state index contributed by atoms with van der Waals surface area (Å²) in [4.78, 5) is 30.2. The van der Waals surface area contributed by atoms with Crippen LogP contribution in [0.3, 0.4) is 0 Å². The molecule has 0 saturated carbocycles. The normalized spacial score (nSPS) is 15.6. The summed E-state index contributed by atoms with van der Waals surface area (Å²) in [6, 6.07) is 9.73. The van der Waals surface area contributed by atoms with Crippen molar-refractivity contribution in [1.82, 2.24) is 15.2 Å². The van der Waals surface area contributed by atoms with Crippen LogP contribution in [0.4, 0.5) is 11.4 Å². The Balaban J connectivity index is 1.74. The van der Waals surface area contributed by atoms with Gasteiger partial charge in [0.2, 0.25) is 30.0 Å². The Morgan fingerprint density at radius 3 is 2.79 bits per heavy atom. The first-order chi connectivity index (χ1) is 16.5. The van der Waals surface area contributed by atoms with Crippen LogP contribution in [-0.4, -0.2) is 38.6 Å². The van der Waals surface area contributed by atoms with Gasteiger partial charge in [-0.1, -0.05) is 36.0 Å². The number of benzene rings is 2. The molecule has 11 nitrogen and oxygen atoms in total. The molecule has 0 spiro atoms. The molecule has 3 aromatic rings. The van der Waals surface area contributed by atoms with Crippen molar-refractivity contribution in [2.24, 2.45) is 0 Å². The van der Waals surface area contributed by atoms with E-state index in [1.807, 2.05) is 0 Å². The van der Waals surface area contributed by atoms with Crippen molar-refractivity contribution in [3.05, 3.63) is 64.7 Å². The van der Waals surface area contributed by atoms with Gasteiger partial charge < -0.3 is 14.2 Å². The lowest BCUT2D eigenvalue weighted by molar-refractivity contribution is -0.386. The summed E-state index contributed by atoms with van der Waals surface area (Å²) in [5.41, 5.74) is 1.14. The highest BCUT2D eigenvalue weighted by Gasteiger charge is 2.39. The van der Waals surface area contributed by atoms with Crippen LogP contribution in [-0.2, 0) is 4.79 Å². The molecule has 0 N–H and O–H groups in total. The number of ether oxygens (including phenoxy) is 3. The van der Waals surface area contributed by atoms with Crippen LogP contribution in [0.15, 0.2) is 54.2 Å². The summed E-state index contributed by atoms with van der Waals surface area (Å²) < 4.78 is 17.0. The molecule has 1 aromatic heterocycles. The third-order valence-electron chi connectivity index (χ3n) is 5.17. The van der Waals surface area contributed by atoms with Crippen molar-refractivity contribution in [1.29, 1.82) is 0 Å². The van der Waals surface area contributed by atoms with Gasteiger partial charge in [0, 0.05) is 18.2 Å². The van der Waals surface area contributed by atoms with E-state index in [1.54, 1.807) is 30.3 Å². The SMILES string of the molecule is C=CCSc1nnc2c(n1)O[C@@H](c1cc3c(cc1[N+](=O)[O-])OCO3)N(C(C)=O)c1ccccc1-2. The molecule has 2 aliphatic heterocycles. The molecule has 1 atom stereocenters. The van der Waals surface area contributed by atoms with Crippen LogP contribution in [0.25, 0.3) is 11.3 Å². The topological polar surface area (TPSA) is 130 Å². The number of para-hydroxylation sites is 1. The largest absolute Gasteiger partial charge is 0.454 e. The summed E-state index contributed by atoms with van der Waals surface area (Å²) in [6.07, 6.45) is 0.468. The molecule has 0 bridgehead atoms. The first-order valence-electron chi connectivity index (χ1n) is 10.1. The van der Waals surface area contributed by atoms with E-state index in [2.05, 4.69) is 21.8 Å². The number of aromatic nitrogens is 3. The Bertz CT molecular complexity index is 1330. The van der Waals surface area contributed by atoms with Crippen molar-refractivity contribution >= 4 is 29.0 Å². The Kier molecular flexibility index (Phi) is 5.49. The molecule has 5 rings (SSSR count). The highest BCUT2D eigenvalue weighted by atomic mass is 32.2. The zero-order valence-corrected chi connectivity index (χ0v) is 18.7. The van der Waals surface area contributed by atoms with E-state index < -0.39 is 17.1 Å². The zero-order chi connectivity index (χ0) is 23.8. The van der Waals surface area contributed by atoms with Crippen LogP contribution >= 0.6 is 11.8 Å². The molecule has 172 valence electrons. The lowest BCUT2D eigenvalue weighted by atomic mass is 10.1. The van der Waals surface area contributed by atoms with Crippen molar-refractivity contribution in [3.8, 4) is 28.6 Å². The second-order valence-corrected chi connectivity index (χ2v) is 8.23. The summed E-state index contributed by atoms with van der Waals surface area (Å²) in [5.74, 6) is 0.800. The fourth-order valence-electron chi connectivity index (χ4n) is 3.75. The molecule has 34 heavy (non-hydrogen) atoms. The van der Waals surface area contributed by atoms with Crippen LogP contribution in [0.1, 0.15) is 18.7 Å². The van der Waals surface area contributed by atoms with Crippen molar-refractivity contribution in [2.45, 2.75) is 18.3 Å². The second-order valence-electron chi connectivity index (χ2n) is 7.25. The number of hydrogen-bond acceptors (Lipinski definition) is 10. The van der Waals surface area contributed by atoms with Gasteiger partial charge in [-0.05, 0) is 12.1 Å². The molecule has 1 amide bonds. The van der Waals surface area contributed by atoms with E-state index >= 15 is 0 Å². The molecular formula is C22H17N5O6S. The third kappa shape index (κ3) is 3.67. The van der Waals surface area contributed by atoms with E-state index in [0.29, 0.717) is 33.6 Å². The first kappa shape index (κ1) is 21.6. The van der Waals surface area contributed by atoms with Crippen LogP contribution in [0.2, 0.25) is 0 Å². The van der Waals surface area contributed by atoms with E-state index in [1.165, 1.54) is 35.7 Å². The number of nitro benzene ring substituents is 1. The average molecular weight is 479 g/mol. The Morgan fingerprint density at radius 1 is 1.29 bits per heavy atom. The summed E-state index contributed by atoms with van der Waals surface area (Å²) >= 11 is 1.30. The van der Waals surface area contributed by atoms with Crippen LogP contribution < -0.4 is 19.1 Å². The van der Waals surface area contributed by atoms with Gasteiger partial charge in [-0.3, -0.25) is 19.8 Å². The number of amides is 1. The van der Waals surface area contributed by atoms with Crippen molar-refractivity contribution < 1.29 is 23.9 Å². The second kappa shape index (κ2) is 8.63. The number of carbonyl (C=O) groups excluding carboxylic acids is 1. The minimum absolute atomic E-state index is 0.0649. The summed E-state index contributed by atoms with van der Waals surface area (Å²) in [5, 5.41) is 20.8. The van der Waals surface area contributed by atoms with Gasteiger partial charge in [-0.15, -0.1) is 16.8 Å². The van der Waals surface area contributed by atoms with Gasteiger partial charge in [0.25, 0.3) is 5.69 Å². The lowest BCUT2D eigenvalue weighted by Crippen LogP contribution is -2.36. The fraction of sp³-hybridized carbons (Fsp3) is 0.182. The maximum absolute atomic E-state index is 12.9. The lowest BCUT2D eigenvalue weighted by Gasteiger charge is -2.29. The van der Waals surface area contributed by atoms with E-state index in [0.717, 1.165) is 0 Å². The fourth-order valence-corrected chi connectivity index (χ4v) is 4.27. The number of rotatable bonds is 5. The molecular weight excluding hydrogens is 462 g/mol. The molecule has 2 aromatic carbocycles. The Labute approximate surface area is 197 Å².